The van der Waals surface area contributed by atoms with Crippen molar-refractivity contribution in [1.29, 1.82) is 0 Å². The lowest BCUT2D eigenvalue weighted by Gasteiger charge is -2.06. The number of hydrogen-bond acceptors (Lipinski definition) is 5. The van der Waals surface area contributed by atoms with E-state index in [1.165, 1.54) is 18.7 Å². The third-order valence-electron chi connectivity index (χ3n) is 3.03. The minimum Gasteiger partial charge on any atom is -0.495 e. The number of nitrogens with zero attached hydrogens (tertiary/aromatic N) is 4. The number of allylic oxidation sites excluding steroid dienone is 2. The smallest absolute Gasteiger partial charge is 0.277 e. The molecule has 2 aliphatic rings. The van der Waals surface area contributed by atoms with E-state index in [2.05, 4.69) is 20.2 Å². The third kappa shape index (κ3) is 3.12. The normalized spacial score (nSPS) is 22.5. The number of carbonyl (C=O) groups excluding carboxylic acids is 1. The molecule has 6 heteroatoms. The molecule has 0 fully saturated rings. The monoisotopic (exact) mass is 292 g/mol. The van der Waals surface area contributed by atoms with E-state index in [1.54, 1.807) is 30.6 Å². The summed E-state index contributed by atoms with van der Waals surface area (Å²) in [6, 6.07) is 7.18. The van der Waals surface area contributed by atoms with Crippen molar-refractivity contribution in [2.24, 2.45) is 20.2 Å². The maximum absolute atomic E-state index is 12.3. The molecule has 0 saturated carbocycles. The average Bonchev–Trinajstić information content (AvgIpc) is 2.99. The first-order valence-electron chi connectivity index (χ1n) is 6.62. The number of rotatable bonds is 0. The zero-order valence-electron chi connectivity index (χ0n) is 11.6. The lowest BCUT2D eigenvalue weighted by molar-refractivity contribution is 0.1000. The van der Waals surface area contributed by atoms with Gasteiger partial charge in [-0.3, -0.25) is 9.79 Å². The summed E-state index contributed by atoms with van der Waals surface area (Å²) in [5.74, 6) is -0.345. The van der Waals surface area contributed by atoms with Gasteiger partial charge >= 0.3 is 0 Å². The molecule has 0 bridgehead atoms. The second-order valence-electron chi connectivity index (χ2n) is 4.47. The molecule has 2 aliphatic heterocycles. The van der Waals surface area contributed by atoms with Gasteiger partial charge in [-0.1, -0.05) is 18.2 Å². The number of benzene rings is 1. The molecule has 0 N–H and O–H groups in total. The molecule has 0 atom stereocenters. The zero-order valence-corrected chi connectivity index (χ0v) is 11.6. The minimum atomic E-state index is -0.345. The average molecular weight is 292 g/mol. The predicted octanol–water partition coefficient (Wildman–Crippen LogP) is 2.34. The van der Waals surface area contributed by atoms with Gasteiger partial charge in [0.25, 0.3) is 5.91 Å². The van der Waals surface area contributed by atoms with E-state index >= 15 is 0 Å². The molecular weight excluding hydrogens is 280 g/mol. The Kier molecular flexibility index (Phi) is 4.10. The fourth-order valence-corrected chi connectivity index (χ4v) is 1.94. The SMILES string of the molecule is O=C1N=CC2=NN=C/C2=C/C=N/C=C\OCc2ccccc21. The van der Waals surface area contributed by atoms with Crippen LogP contribution in [-0.2, 0) is 11.3 Å². The first-order chi connectivity index (χ1) is 10.8. The maximum atomic E-state index is 12.3. The van der Waals surface area contributed by atoms with E-state index in [1.807, 2.05) is 12.1 Å². The van der Waals surface area contributed by atoms with Gasteiger partial charge < -0.3 is 4.74 Å². The Labute approximate surface area is 127 Å². The number of amides is 1. The van der Waals surface area contributed by atoms with Crippen LogP contribution in [0.25, 0.3) is 0 Å². The summed E-state index contributed by atoms with van der Waals surface area (Å²) in [6.07, 6.45) is 9.33. The minimum absolute atomic E-state index is 0.272. The van der Waals surface area contributed by atoms with Crippen molar-refractivity contribution in [2.45, 2.75) is 6.61 Å². The molecule has 2 heterocycles. The Morgan fingerprint density at radius 2 is 2.05 bits per heavy atom. The molecule has 1 amide bonds. The molecule has 22 heavy (non-hydrogen) atoms. The molecule has 0 aromatic heterocycles. The summed E-state index contributed by atoms with van der Waals surface area (Å²) in [6.45, 7) is 0.272. The molecule has 1 aromatic rings. The number of ether oxygens (including phenoxy) is 1. The zero-order chi connectivity index (χ0) is 15.2. The van der Waals surface area contributed by atoms with Crippen LogP contribution in [0.15, 0.2) is 68.6 Å². The number of hydrogen-bond donors (Lipinski definition) is 0. The van der Waals surface area contributed by atoms with Gasteiger partial charge in [0.05, 0.1) is 18.6 Å². The van der Waals surface area contributed by atoms with Gasteiger partial charge in [-0.15, -0.1) is 5.10 Å². The van der Waals surface area contributed by atoms with Crippen LogP contribution in [0, 0.1) is 0 Å². The first kappa shape index (κ1) is 13.8. The van der Waals surface area contributed by atoms with Gasteiger partial charge in [0.15, 0.2) is 0 Å². The van der Waals surface area contributed by atoms with Crippen LogP contribution in [0.2, 0.25) is 0 Å². The topological polar surface area (TPSA) is 75.7 Å². The van der Waals surface area contributed by atoms with Gasteiger partial charge in [-0.2, -0.15) is 5.10 Å². The van der Waals surface area contributed by atoms with E-state index in [0.717, 1.165) is 11.1 Å². The van der Waals surface area contributed by atoms with Crippen molar-refractivity contribution in [3.8, 4) is 0 Å². The molecule has 0 radical (unpaired) electrons. The number of fused-ring (bicyclic) bond motifs is 2. The summed E-state index contributed by atoms with van der Waals surface area (Å²) < 4.78 is 5.37. The van der Waals surface area contributed by atoms with Crippen LogP contribution >= 0.6 is 0 Å². The van der Waals surface area contributed by atoms with Crippen molar-refractivity contribution in [1.82, 2.24) is 0 Å². The summed E-state index contributed by atoms with van der Waals surface area (Å²) in [4.78, 5) is 20.3. The van der Waals surface area contributed by atoms with Gasteiger partial charge in [0, 0.05) is 22.9 Å². The van der Waals surface area contributed by atoms with Crippen LogP contribution in [0.3, 0.4) is 0 Å². The third-order valence-corrected chi connectivity index (χ3v) is 3.03. The highest BCUT2D eigenvalue weighted by Crippen LogP contribution is 2.12. The van der Waals surface area contributed by atoms with Crippen molar-refractivity contribution >= 4 is 30.3 Å². The van der Waals surface area contributed by atoms with E-state index in [-0.39, 0.29) is 12.5 Å². The Hall–Kier alpha value is -3.15. The second-order valence-corrected chi connectivity index (χ2v) is 4.47. The van der Waals surface area contributed by atoms with Crippen LogP contribution in [0.1, 0.15) is 15.9 Å². The van der Waals surface area contributed by atoms with Crippen LogP contribution in [-0.4, -0.2) is 30.3 Å². The van der Waals surface area contributed by atoms with Gasteiger partial charge in [0.1, 0.15) is 18.6 Å². The second kappa shape index (κ2) is 6.53. The summed E-state index contributed by atoms with van der Waals surface area (Å²) >= 11 is 0. The van der Waals surface area contributed by atoms with Crippen LogP contribution in [0.4, 0.5) is 0 Å². The van der Waals surface area contributed by atoms with Crippen molar-refractivity contribution < 1.29 is 9.53 Å². The Bertz CT molecular complexity index is 770. The quantitative estimate of drug-likeness (QED) is 0.736. The molecule has 3 rings (SSSR count). The molecule has 6 nitrogen and oxygen atoms in total. The molecule has 108 valence electrons. The number of carbonyl (C=O) groups is 1. The fraction of sp³-hybridized carbons (Fsp3) is 0.0625. The Morgan fingerprint density at radius 1 is 1.14 bits per heavy atom. The van der Waals surface area contributed by atoms with E-state index in [9.17, 15) is 4.79 Å². The van der Waals surface area contributed by atoms with E-state index in [0.29, 0.717) is 11.3 Å². The largest absolute Gasteiger partial charge is 0.495 e. The highest BCUT2D eigenvalue weighted by molar-refractivity contribution is 6.46. The van der Waals surface area contributed by atoms with Crippen LogP contribution < -0.4 is 0 Å². The van der Waals surface area contributed by atoms with Crippen molar-refractivity contribution in [2.75, 3.05) is 0 Å². The van der Waals surface area contributed by atoms with E-state index < -0.39 is 0 Å². The molecule has 0 spiro atoms. The van der Waals surface area contributed by atoms with Crippen LogP contribution in [0.5, 0.6) is 0 Å². The Balaban J connectivity index is 1.98. The first-order valence-corrected chi connectivity index (χ1v) is 6.62. The Morgan fingerprint density at radius 3 is 3.00 bits per heavy atom. The summed E-state index contributed by atoms with van der Waals surface area (Å²) in [5.41, 5.74) is 2.52. The molecule has 0 unspecified atom stereocenters. The van der Waals surface area contributed by atoms with E-state index in [4.69, 9.17) is 4.74 Å². The number of aliphatic imine (C=N–C) groups is 2. The lowest BCUT2D eigenvalue weighted by atomic mass is 10.1. The van der Waals surface area contributed by atoms with Crippen molar-refractivity contribution in [3.63, 3.8) is 0 Å². The lowest BCUT2D eigenvalue weighted by Crippen LogP contribution is -2.07. The predicted molar refractivity (Wildman–Crippen MR) is 85.7 cm³/mol. The highest BCUT2D eigenvalue weighted by Gasteiger charge is 2.12. The van der Waals surface area contributed by atoms with Gasteiger partial charge in [-0.25, -0.2) is 4.99 Å². The summed E-state index contributed by atoms with van der Waals surface area (Å²) in [7, 11) is 0. The fourth-order valence-electron chi connectivity index (χ4n) is 1.94. The molecule has 1 aromatic carbocycles. The van der Waals surface area contributed by atoms with Gasteiger partial charge in [-0.05, 0) is 12.1 Å². The molecular formula is C16H12N4O2. The summed E-state index contributed by atoms with van der Waals surface area (Å²) in [5, 5.41) is 7.74. The maximum Gasteiger partial charge on any atom is 0.277 e. The van der Waals surface area contributed by atoms with Crippen molar-refractivity contribution in [3.05, 3.63) is 59.5 Å². The molecule has 0 saturated heterocycles. The highest BCUT2D eigenvalue weighted by atomic mass is 16.5. The molecule has 0 aliphatic carbocycles. The van der Waals surface area contributed by atoms with Gasteiger partial charge in [0.2, 0.25) is 0 Å². The standard InChI is InChI=1S/C16H12N4O2/c21-16-14-4-2-1-3-13(14)11-22-8-7-17-6-5-12-9-19-20-15(12)10-18-16/h1-10H,11H2/b8-7-,12-5-,17-6+,18-10?.